The predicted octanol–water partition coefficient (Wildman–Crippen LogP) is 1.83. The van der Waals surface area contributed by atoms with Gasteiger partial charge >= 0.3 is 5.97 Å². The van der Waals surface area contributed by atoms with Gasteiger partial charge in [0, 0.05) is 18.3 Å². The second-order valence-corrected chi connectivity index (χ2v) is 5.07. The van der Waals surface area contributed by atoms with Crippen LogP contribution in [0.1, 0.15) is 20.3 Å². The van der Waals surface area contributed by atoms with Crippen LogP contribution in [0.4, 0.5) is 5.69 Å². The van der Waals surface area contributed by atoms with Gasteiger partial charge in [0.2, 0.25) is 5.91 Å². The third-order valence-electron chi connectivity index (χ3n) is 2.93. The van der Waals surface area contributed by atoms with Gasteiger partial charge in [-0.05, 0) is 33.0 Å². The summed E-state index contributed by atoms with van der Waals surface area (Å²) in [5.41, 5.74) is 0.860. The summed E-state index contributed by atoms with van der Waals surface area (Å²) >= 11 is 0. The first kappa shape index (κ1) is 16.2. The first-order chi connectivity index (χ1) is 9.41. The van der Waals surface area contributed by atoms with Crippen LogP contribution < -0.4 is 4.90 Å². The third kappa shape index (κ3) is 5.01. The van der Waals surface area contributed by atoms with E-state index in [1.807, 2.05) is 44.2 Å². The largest absolute Gasteiger partial charge is 0.481 e. The van der Waals surface area contributed by atoms with Crippen LogP contribution >= 0.6 is 0 Å². The van der Waals surface area contributed by atoms with Gasteiger partial charge in [-0.25, -0.2) is 0 Å². The molecule has 0 fully saturated rings. The van der Waals surface area contributed by atoms with Crippen LogP contribution in [0.2, 0.25) is 0 Å². The minimum atomic E-state index is -0.854. The molecule has 1 aromatic carbocycles. The van der Waals surface area contributed by atoms with Crippen molar-refractivity contribution < 1.29 is 14.7 Å². The second-order valence-electron chi connectivity index (χ2n) is 5.07. The van der Waals surface area contributed by atoms with E-state index >= 15 is 0 Å². The highest BCUT2D eigenvalue weighted by atomic mass is 16.4. The first-order valence-corrected chi connectivity index (χ1v) is 6.69. The molecule has 0 saturated heterocycles. The molecule has 20 heavy (non-hydrogen) atoms. The standard InChI is InChI=1S/C15H22N2O3/c1-12(2)17(13-7-5-4-6-8-13)14(18)11-16(3)10-9-15(19)20/h4-8,12H,9-11H2,1-3H3,(H,19,20). The van der Waals surface area contributed by atoms with E-state index in [9.17, 15) is 9.59 Å². The van der Waals surface area contributed by atoms with E-state index in [0.717, 1.165) is 5.69 Å². The normalized spacial score (nSPS) is 10.8. The van der Waals surface area contributed by atoms with E-state index in [0.29, 0.717) is 6.54 Å². The number of para-hydroxylation sites is 1. The summed E-state index contributed by atoms with van der Waals surface area (Å²) < 4.78 is 0. The van der Waals surface area contributed by atoms with Gasteiger partial charge in [-0.15, -0.1) is 0 Å². The van der Waals surface area contributed by atoms with Gasteiger partial charge in [0.25, 0.3) is 0 Å². The Morgan fingerprint density at radius 1 is 1.20 bits per heavy atom. The van der Waals surface area contributed by atoms with Crippen LogP contribution in [0.15, 0.2) is 30.3 Å². The summed E-state index contributed by atoms with van der Waals surface area (Å²) in [5.74, 6) is -0.882. The van der Waals surface area contributed by atoms with Crippen molar-refractivity contribution in [3.8, 4) is 0 Å². The summed E-state index contributed by atoms with van der Waals surface area (Å²) in [4.78, 5) is 26.4. The van der Waals surface area contributed by atoms with Crippen molar-refractivity contribution in [3.63, 3.8) is 0 Å². The molecule has 5 nitrogen and oxygen atoms in total. The highest BCUT2D eigenvalue weighted by molar-refractivity contribution is 5.95. The zero-order chi connectivity index (χ0) is 15.1. The molecule has 0 aliphatic rings. The van der Waals surface area contributed by atoms with Gasteiger partial charge in [-0.3, -0.25) is 14.5 Å². The van der Waals surface area contributed by atoms with E-state index in [1.54, 1.807) is 16.8 Å². The maximum absolute atomic E-state index is 12.4. The van der Waals surface area contributed by atoms with Gasteiger partial charge in [0.05, 0.1) is 13.0 Å². The van der Waals surface area contributed by atoms with Crippen LogP contribution in [0.5, 0.6) is 0 Å². The molecule has 1 rings (SSSR count). The SMILES string of the molecule is CC(C)N(C(=O)CN(C)CCC(=O)O)c1ccccc1. The number of amides is 1. The van der Waals surface area contributed by atoms with Crippen molar-refractivity contribution in [2.45, 2.75) is 26.3 Å². The lowest BCUT2D eigenvalue weighted by atomic mass is 10.2. The quantitative estimate of drug-likeness (QED) is 0.826. The van der Waals surface area contributed by atoms with E-state index in [4.69, 9.17) is 5.11 Å². The molecule has 0 heterocycles. The molecular formula is C15H22N2O3. The highest BCUT2D eigenvalue weighted by Gasteiger charge is 2.20. The van der Waals surface area contributed by atoms with Crippen LogP contribution in [-0.2, 0) is 9.59 Å². The molecule has 5 heteroatoms. The number of benzene rings is 1. The first-order valence-electron chi connectivity index (χ1n) is 6.69. The van der Waals surface area contributed by atoms with Crippen LogP contribution in [0.3, 0.4) is 0 Å². The number of anilines is 1. The lowest BCUT2D eigenvalue weighted by Crippen LogP contribution is -2.43. The zero-order valence-electron chi connectivity index (χ0n) is 12.2. The molecule has 1 aromatic rings. The molecule has 0 aromatic heterocycles. The fraction of sp³-hybridized carbons (Fsp3) is 0.467. The van der Waals surface area contributed by atoms with Crippen LogP contribution in [0.25, 0.3) is 0 Å². The average Bonchev–Trinajstić information content (AvgIpc) is 2.37. The monoisotopic (exact) mass is 278 g/mol. The predicted molar refractivity (Wildman–Crippen MR) is 78.8 cm³/mol. The maximum Gasteiger partial charge on any atom is 0.304 e. The highest BCUT2D eigenvalue weighted by Crippen LogP contribution is 2.16. The van der Waals surface area contributed by atoms with Crippen molar-refractivity contribution in [1.29, 1.82) is 0 Å². The number of carbonyl (C=O) groups is 2. The Labute approximate surface area is 119 Å². The summed E-state index contributed by atoms with van der Waals surface area (Å²) in [6.07, 6.45) is 0.0385. The number of carboxylic acid groups (broad SMARTS) is 1. The molecule has 0 aliphatic heterocycles. The van der Waals surface area contributed by atoms with E-state index < -0.39 is 5.97 Å². The van der Waals surface area contributed by atoms with E-state index in [1.165, 1.54) is 0 Å². The van der Waals surface area contributed by atoms with Gasteiger partial charge < -0.3 is 10.0 Å². The topological polar surface area (TPSA) is 60.9 Å². The molecule has 1 amide bonds. The molecule has 0 unspecified atom stereocenters. The van der Waals surface area contributed by atoms with E-state index in [2.05, 4.69) is 0 Å². The molecule has 0 radical (unpaired) electrons. The Hall–Kier alpha value is -1.88. The number of likely N-dealkylation sites (N-methyl/N-ethyl adjacent to an activating group) is 1. The van der Waals surface area contributed by atoms with Crippen molar-refractivity contribution in [2.24, 2.45) is 0 Å². The molecule has 0 bridgehead atoms. The number of rotatable bonds is 7. The Morgan fingerprint density at radius 2 is 1.80 bits per heavy atom. The molecule has 0 spiro atoms. The maximum atomic E-state index is 12.4. The third-order valence-corrected chi connectivity index (χ3v) is 2.93. The Kier molecular flexibility index (Phi) is 6.18. The Balaban J connectivity index is 2.69. The molecule has 0 atom stereocenters. The smallest absolute Gasteiger partial charge is 0.304 e. The van der Waals surface area contributed by atoms with Crippen LogP contribution in [-0.4, -0.2) is 48.1 Å². The average molecular weight is 278 g/mol. The lowest BCUT2D eigenvalue weighted by Gasteiger charge is -2.29. The minimum Gasteiger partial charge on any atom is -0.481 e. The van der Waals surface area contributed by atoms with Crippen molar-refractivity contribution in [2.75, 3.05) is 25.0 Å². The van der Waals surface area contributed by atoms with Crippen molar-refractivity contribution in [3.05, 3.63) is 30.3 Å². The number of carbonyl (C=O) groups excluding carboxylic acids is 1. The van der Waals surface area contributed by atoms with Crippen molar-refractivity contribution in [1.82, 2.24) is 4.90 Å². The summed E-state index contributed by atoms with van der Waals surface area (Å²) in [6, 6.07) is 9.55. The fourth-order valence-electron chi connectivity index (χ4n) is 1.99. The summed E-state index contributed by atoms with van der Waals surface area (Å²) in [6.45, 7) is 4.49. The number of aliphatic carboxylic acids is 1. The van der Waals surface area contributed by atoms with Gasteiger partial charge in [0.15, 0.2) is 0 Å². The summed E-state index contributed by atoms with van der Waals surface area (Å²) in [5, 5.41) is 8.65. The number of nitrogens with zero attached hydrogens (tertiary/aromatic N) is 2. The fourth-order valence-corrected chi connectivity index (χ4v) is 1.99. The number of carboxylic acids is 1. The molecule has 0 aliphatic carbocycles. The Bertz CT molecular complexity index is 446. The molecular weight excluding hydrogens is 256 g/mol. The zero-order valence-corrected chi connectivity index (χ0v) is 12.2. The van der Waals surface area contributed by atoms with Gasteiger partial charge in [0.1, 0.15) is 0 Å². The second kappa shape index (κ2) is 7.65. The number of hydrogen-bond donors (Lipinski definition) is 1. The van der Waals surface area contributed by atoms with Crippen LogP contribution in [0, 0.1) is 0 Å². The lowest BCUT2D eigenvalue weighted by molar-refractivity contribution is -0.137. The van der Waals surface area contributed by atoms with Gasteiger partial charge in [-0.2, -0.15) is 0 Å². The van der Waals surface area contributed by atoms with Gasteiger partial charge in [-0.1, -0.05) is 18.2 Å². The summed E-state index contributed by atoms with van der Waals surface area (Å²) in [7, 11) is 1.75. The molecule has 110 valence electrons. The molecule has 1 N–H and O–H groups in total. The minimum absolute atomic E-state index is 0.0286. The Morgan fingerprint density at radius 3 is 2.30 bits per heavy atom. The van der Waals surface area contributed by atoms with Crippen molar-refractivity contribution >= 4 is 17.6 Å². The number of hydrogen-bond acceptors (Lipinski definition) is 3. The molecule has 0 saturated carbocycles. The van der Waals surface area contributed by atoms with E-state index in [-0.39, 0.29) is 24.9 Å².